The van der Waals surface area contributed by atoms with Gasteiger partial charge in [-0.25, -0.2) is 4.79 Å². The van der Waals surface area contributed by atoms with E-state index in [4.69, 9.17) is 26.5 Å². The van der Waals surface area contributed by atoms with Crippen LogP contribution in [0.3, 0.4) is 0 Å². The summed E-state index contributed by atoms with van der Waals surface area (Å²) in [5.74, 6) is 0. The van der Waals surface area contributed by atoms with Gasteiger partial charge in [0, 0.05) is 12.6 Å². The van der Waals surface area contributed by atoms with Crippen molar-refractivity contribution < 1.29 is 15.0 Å². The van der Waals surface area contributed by atoms with E-state index in [1.807, 2.05) is 19.9 Å². The quantitative estimate of drug-likeness (QED) is 0.457. The molecule has 1 atom stereocenters. The van der Waals surface area contributed by atoms with Crippen molar-refractivity contribution >= 4 is 6.16 Å². The highest BCUT2D eigenvalue weighted by Crippen LogP contribution is 1.88. The summed E-state index contributed by atoms with van der Waals surface area (Å²) in [6.07, 6.45) is 0.125. The molecule has 0 saturated carbocycles. The molecular weight excluding hydrogens is 160 g/mol. The van der Waals surface area contributed by atoms with Crippen LogP contribution >= 0.6 is 0 Å². The highest BCUT2D eigenvalue weighted by atomic mass is 16.6. The van der Waals surface area contributed by atoms with Crippen LogP contribution in [0.5, 0.6) is 0 Å². The molecule has 0 aliphatic rings. The average Bonchev–Trinajstić information content (AvgIpc) is 1.84. The zero-order valence-electron chi connectivity index (χ0n) is 7.32. The van der Waals surface area contributed by atoms with E-state index in [1.165, 1.54) is 5.57 Å². The molecule has 0 aromatic heterocycles. The van der Waals surface area contributed by atoms with Gasteiger partial charge in [-0.3, -0.25) is 0 Å². The summed E-state index contributed by atoms with van der Waals surface area (Å²) in [5.41, 5.74) is 11.9. The van der Waals surface area contributed by atoms with Crippen LogP contribution in [-0.4, -0.2) is 29.0 Å². The Labute approximate surface area is 71.7 Å². The lowest BCUT2D eigenvalue weighted by molar-refractivity contribution is 0.137. The summed E-state index contributed by atoms with van der Waals surface area (Å²) in [6, 6.07) is 0.0417. The van der Waals surface area contributed by atoms with E-state index in [0.717, 1.165) is 0 Å². The summed E-state index contributed by atoms with van der Waals surface area (Å²) < 4.78 is 0. The zero-order valence-corrected chi connectivity index (χ0v) is 7.32. The second kappa shape index (κ2) is 8.03. The van der Waals surface area contributed by atoms with E-state index in [1.54, 1.807) is 0 Å². The van der Waals surface area contributed by atoms with Crippen molar-refractivity contribution in [2.75, 3.05) is 6.54 Å². The van der Waals surface area contributed by atoms with Gasteiger partial charge in [-0.05, 0) is 13.8 Å². The molecule has 5 nitrogen and oxygen atoms in total. The first-order valence-corrected chi connectivity index (χ1v) is 3.42. The van der Waals surface area contributed by atoms with E-state index in [0.29, 0.717) is 6.54 Å². The molecule has 0 fully saturated rings. The van der Waals surface area contributed by atoms with Crippen LogP contribution < -0.4 is 11.5 Å². The second-order valence-corrected chi connectivity index (χ2v) is 2.43. The third kappa shape index (κ3) is 23.1. The van der Waals surface area contributed by atoms with E-state index < -0.39 is 6.16 Å². The van der Waals surface area contributed by atoms with Crippen molar-refractivity contribution in [2.24, 2.45) is 11.5 Å². The first-order chi connectivity index (χ1) is 5.40. The Kier molecular flexibility index (Phi) is 9.04. The third-order valence-corrected chi connectivity index (χ3v) is 0.820. The smallest absolute Gasteiger partial charge is 0.450 e. The second-order valence-electron chi connectivity index (χ2n) is 2.43. The Morgan fingerprint density at radius 3 is 1.92 bits per heavy atom. The lowest BCUT2D eigenvalue weighted by Gasteiger charge is -2.00. The molecule has 0 amide bonds. The molecule has 0 saturated heterocycles. The Hall–Kier alpha value is -1.07. The predicted octanol–water partition coefficient (Wildman–Crippen LogP) is 0.461. The number of rotatable bonds is 2. The van der Waals surface area contributed by atoms with Crippen LogP contribution in [0.25, 0.3) is 0 Å². The van der Waals surface area contributed by atoms with Gasteiger partial charge in [0.2, 0.25) is 0 Å². The first-order valence-electron chi connectivity index (χ1n) is 3.42. The fourth-order valence-corrected chi connectivity index (χ4v) is 0.496. The number of carbonyl (C=O) groups is 1. The summed E-state index contributed by atoms with van der Waals surface area (Å²) in [6.45, 7) is 4.55. The fourth-order valence-electron chi connectivity index (χ4n) is 0.496. The molecule has 0 radical (unpaired) electrons. The van der Waals surface area contributed by atoms with Gasteiger partial charge in [0.25, 0.3) is 0 Å². The SMILES string of the molecule is CC(C)=CC(N)CN.O=C(O)O. The number of hydrogen-bond donors (Lipinski definition) is 4. The first kappa shape index (κ1) is 13.5. The zero-order chi connectivity index (χ0) is 10.1. The Balaban J connectivity index is 0. The van der Waals surface area contributed by atoms with E-state index in [-0.39, 0.29) is 6.04 Å². The van der Waals surface area contributed by atoms with Crippen LogP contribution in [0.15, 0.2) is 11.6 Å². The maximum Gasteiger partial charge on any atom is 0.503 e. The van der Waals surface area contributed by atoms with Crippen molar-refractivity contribution in [3.05, 3.63) is 11.6 Å². The van der Waals surface area contributed by atoms with Gasteiger partial charge in [0.1, 0.15) is 0 Å². The van der Waals surface area contributed by atoms with Crippen LogP contribution in [-0.2, 0) is 0 Å². The minimum atomic E-state index is -1.83. The third-order valence-electron chi connectivity index (χ3n) is 0.820. The maximum absolute atomic E-state index is 8.56. The fraction of sp³-hybridized carbons (Fsp3) is 0.571. The molecule has 5 heteroatoms. The van der Waals surface area contributed by atoms with E-state index >= 15 is 0 Å². The largest absolute Gasteiger partial charge is 0.503 e. The molecule has 0 aliphatic heterocycles. The van der Waals surface area contributed by atoms with Crippen LogP contribution in [0, 0.1) is 0 Å². The highest BCUT2D eigenvalue weighted by Gasteiger charge is 1.89. The van der Waals surface area contributed by atoms with Crippen LogP contribution in [0.4, 0.5) is 4.79 Å². The summed E-state index contributed by atoms with van der Waals surface area (Å²) in [7, 11) is 0. The maximum atomic E-state index is 8.56. The van der Waals surface area contributed by atoms with Gasteiger partial charge >= 0.3 is 6.16 Å². The number of hydrogen-bond acceptors (Lipinski definition) is 3. The standard InChI is InChI=1S/C6H14N2.CH2O3/c1-5(2)3-6(8)4-7;2-1(3)4/h3,6H,4,7-8H2,1-2H3;(H2,2,3,4). The van der Waals surface area contributed by atoms with Crippen molar-refractivity contribution in [3.63, 3.8) is 0 Å². The number of carboxylic acid groups (broad SMARTS) is 2. The van der Waals surface area contributed by atoms with Crippen molar-refractivity contribution in [1.29, 1.82) is 0 Å². The summed E-state index contributed by atoms with van der Waals surface area (Å²) >= 11 is 0. The van der Waals surface area contributed by atoms with Gasteiger partial charge in [-0.15, -0.1) is 0 Å². The van der Waals surface area contributed by atoms with Gasteiger partial charge in [0.05, 0.1) is 0 Å². The molecular formula is C7H16N2O3. The van der Waals surface area contributed by atoms with E-state index in [2.05, 4.69) is 0 Å². The molecule has 0 bridgehead atoms. The molecule has 1 unspecified atom stereocenters. The number of nitrogens with two attached hydrogens (primary N) is 2. The minimum Gasteiger partial charge on any atom is -0.450 e. The Morgan fingerprint density at radius 1 is 1.50 bits per heavy atom. The molecule has 0 spiro atoms. The lowest BCUT2D eigenvalue weighted by atomic mass is 10.2. The number of allylic oxidation sites excluding steroid dienone is 1. The molecule has 12 heavy (non-hydrogen) atoms. The topological polar surface area (TPSA) is 110 Å². The lowest BCUT2D eigenvalue weighted by Crippen LogP contribution is -2.27. The predicted molar refractivity (Wildman–Crippen MR) is 47.1 cm³/mol. The molecule has 0 aliphatic carbocycles. The molecule has 6 N–H and O–H groups in total. The van der Waals surface area contributed by atoms with Gasteiger partial charge < -0.3 is 21.7 Å². The van der Waals surface area contributed by atoms with Crippen LogP contribution in [0.1, 0.15) is 13.8 Å². The van der Waals surface area contributed by atoms with Crippen molar-refractivity contribution in [1.82, 2.24) is 0 Å². The van der Waals surface area contributed by atoms with Gasteiger partial charge in [-0.1, -0.05) is 11.6 Å². The summed E-state index contributed by atoms with van der Waals surface area (Å²) in [5, 5.41) is 13.9. The minimum absolute atomic E-state index is 0.0417. The molecule has 0 aromatic carbocycles. The molecule has 0 heterocycles. The summed E-state index contributed by atoms with van der Waals surface area (Å²) in [4.78, 5) is 8.56. The Morgan fingerprint density at radius 2 is 1.83 bits per heavy atom. The normalized spacial score (nSPS) is 10.7. The van der Waals surface area contributed by atoms with Gasteiger partial charge in [0.15, 0.2) is 0 Å². The van der Waals surface area contributed by atoms with E-state index in [9.17, 15) is 0 Å². The average molecular weight is 176 g/mol. The monoisotopic (exact) mass is 176 g/mol. The van der Waals surface area contributed by atoms with Crippen molar-refractivity contribution in [2.45, 2.75) is 19.9 Å². The molecule has 0 rings (SSSR count). The van der Waals surface area contributed by atoms with Gasteiger partial charge in [-0.2, -0.15) is 0 Å². The molecule has 72 valence electrons. The molecule has 0 aromatic rings. The van der Waals surface area contributed by atoms with Crippen molar-refractivity contribution in [3.8, 4) is 0 Å². The Bertz CT molecular complexity index is 149. The highest BCUT2D eigenvalue weighted by molar-refractivity contribution is 5.53. The van der Waals surface area contributed by atoms with Crippen LogP contribution in [0.2, 0.25) is 0 Å².